The number of nitrogens with zero attached hydrogens (tertiary/aromatic N) is 1. The van der Waals surface area contributed by atoms with Gasteiger partial charge in [-0.2, -0.15) is 0 Å². The minimum Gasteiger partial charge on any atom is -0.478 e. The molecule has 2 aromatic rings. The first kappa shape index (κ1) is 17.5. The predicted octanol–water partition coefficient (Wildman–Crippen LogP) is 2.57. The second-order valence-electron chi connectivity index (χ2n) is 6.60. The van der Waals surface area contributed by atoms with Gasteiger partial charge in [-0.25, -0.2) is 4.79 Å². The Labute approximate surface area is 151 Å². The van der Waals surface area contributed by atoms with Crippen molar-refractivity contribution in [1.82, 2.24) is 4.90 Å². The van der Waals surface area contributed by atoms with Crippen molar-refractivity contribution >= 4 is 23.5 Å². The molecule has 1 aliphatic rings. The van der Waals surface area contributed by atoms with Crippen molar-refractivity contribution in [2.75, 3.05) is 13.1 Å². The van der Waals surface area contributed by atoms with E-state index in [0.717, 1.165) is 11.1 Å². The van der Waals surface area contributed by atoms with Crippen molar-refractivity contribution in [1.29, 1.82) is 0 Å². The number of carboxylic acids is 1. The molecule has 0 radical (unpaired) electrons. The summed E-state index contributed by atoms with van der Waals surface area (Å²) in [6, 6.07) is 14.3. The van der Waals surface area contributed by atoms with E-state index in [1.54, 1.807) is 30.3 Å². The molecule has 2 aromatic carbocycles. The first-order valence-corrected chi connectivity index (χ1v) is 8.35. The molecular weight excluding hydrogens is 340 g/mol. The van der Waals surface area contributed by atoms with Gasteiger partial charge in [-0.1, -0.05) is 35.9 Å². The zero-order chi connectivity index (χ0) is 18.0. The van der Waals surface area contributed by atoms with Gasteiger partial charge in [0.1, 0.15) is 0 Å². The Morgan fingerprint density at radius 2 is 1.80 bits per heavy atom. The average Bonchev–Trinajstić information content (AvgIpc) is 2.54. The summed E-state index contributed by atoms with van der Waals surface area (Å²) in [4.78, 5) is 25.2. The smallest absolute Gasteiger partial charge is 0.335 e. The average molecular weight is 359 g/mol. The van der Waals surface area contributed by atoms with Crippen LogP contribution >= 0.6 is 11.6 Å². The van der Waals surface area contributed by atoms with E-state index in [4.69, 9.17) is 22.4 Å². The number of likely N-dealkylation sites (tertiary alicyclic amines) is 1. The standard InChI is InChI=1S/C19H19ClN2O3/c20-16-6-4-13(5-7-16)9-19(18(21)25)11-22(12-19)10-14-2-1-3-15(8-14)17(23)24/h1-8H,9-12H2,(H2,21,25)(H,23,24). The van der Waals surface area contributed by atoms with Gasteiger partial charge in [0, 0.05) is 24.7 Å². The summed E-state index contributed by atoms with van der Waals surface area (Å²) >= 11 is 5.90. The summed E-state index contributed by atoms with van der Waals surface area (Å²) in [5.74, 6) is -1.25. The highest BCUT2D eigenvalue weighted by molar-refractivity contribution is 6.30. The highest BCUT2D eigenvalue weighted by Gasteiger charge is 2.47. The number of benzene rings is 2. The van der Waals surface area contributed by atoms with Crippen molar-refractivity contribution < 1.29 is 14.7 Å². The van der Waals surface area contributed by atoms with Crippen LogP contribution in [0.4, 0.5) is 0 Å². The van der Waals surface area contributed by atoms with E-state index in [1.165, 1.54) is 0 Å². The second kappa shape index (κ2) is 6.86. The van der Waals surface area contributed by atoms with Crippen LogP contribution in [-0.2, 0) is 17.8 Å². The minimum atomic E-state index is -0.945. The van der Waals surface area contributed by atoms with E-state index in [1.807, 2.05) is 18.2 Å². The molecule has 6 heteroatoms. The summed E-state index contributed by atoms with van der Waals surface area (Å²) < 4.78 is 0. The third-order valence-corrected chi connectivity index (χ3v) is 4.86. The third-order valence-electron chi connectivity index (χ3n) is 4.61. The van der Waals surface area contributed by atoms with Gasteiger partial charge in [0.2, 0.25) is 5.91 Å². The lowest BCUT2D eigenvalue weighted by Gasteiger charge is -2.48. The zero-order valence-electron chi connectivity index (χ0n) is 13.6. The first-order valence-electron chi connectivity index (χ1n) is 7.97. The summed E-state index contributed by atoms with van der Waals surface area (Å²) in [5, 5.41) is 9.73. The van der Waals surface area contributed by atoms with Crippen molar-refractivity contribution in [2.24, 2.45) is 11.1 Å². The van der Waals surface area contributed by atoms with Crippen molar-refractivity contribution in [3.05, 3.63) is 70.2 Å². The molecule has 0 bridgehead atoms. The number of carbonyl (C=O) groups excluding carboxylic acids is 1. The Balaban J connectivity index is 1.66. The number of nitrogens with two attached hydrogens (primary N) is 1. The SMILES string of the molecule is NC(=O)C1(Cc2ccc(Cl)cc2)CN(Cc2cccc(C(=O)O)c2)C1. The fraction of sp³-hybridized carbons (Fsp3) is 0.263. The molecular formula is C19H19ClN2O3. The number of carboxylic acid groups (broad SMARTS) is 1. The highest BCUT2D eigenvalue weighted by Crippen LogP contribution is 2.35. The van der Waals surface area contributed by atoms with E-state index in [0.29, 0.717) is 31.1 Å². The summed E-state index contributed by atoms with van der Waals surface area (Å²) in [6.07, 6.45) is 0.575. The number of halogens is 1. The van der Waals surface area contributed by atoms with Gasteiger partial charge in [-0.05, 0) is 41.8 Å². The van der Waals surface area contributed by atoms with E-state index in [9.17, 15) is 9.59 Å². The summed E-state index contributed by atoms with van der Waals surface area (Å²) in [7, 11) is 0. The molecule has 130 valence electrons. The Kier molecular flexibility index (Phi) is 4.79. The maximum absolute atomic E-state index is 12.0. The fourth-order valence-electron chi connectivity index (χ4n) is 3.33. The van der Waals surface area contributed by atoms with Crippen LogP contribution < -0.4 is 5.73 Å². The minimum absolute atomic E-state index is 0.264. The number of carbonyl (C=O) groups is 2. The Bertz CT molecular complexity index is 799. The molecule has 0 aliphatic carbocycles. The van der Waals surface area contributed by atoms with Crippen LogP contribution in [0.25, 0.3) is 0 Å². The highest BCUT2D eigenvalue weighted by atomic mass is 35.5. The fourth-order valence-corrected chi connectivity index (χ4v) is 3.46. The summed E-state index contributed by atoms with van der Waals surface area (Å²) in [5.41, 5.74) is 7.27. The van der Waals surface area contributed by atoms with Crippen LogP contribution in [0.5, 0.6) is 0 Å². The maximum atomic E-state index is 12.0. The quantitative estimate of drug-likeness (QED) is 0.831. The van der Waals surface area contributed by atoms with Crippen molar-refractivity contribution in [3.63, 3.8) is 0 Å². The van der Waals surface area contributed by atoms with Crippen molar-refractivity contribution in [2.45, 2.75) is 13.0 Å². The molecule has 0 saturated carbocycles. The molecule has 1 heterocycles. The molecule has 25 heavy (non-hydrogen) atoms. The number of hydrogen-bond acceptors (Lipinski definition) is 3. The number of rotatable bonds is 6. The molecule has 1 saturated heterocycles. The Hall–Kier alpha value is -2.37. The van der Waals surface area contributed by atoms with Gasteiger partial charge in [0.05, 0.1) is 11.0 Å². The number of amides is 1. The second-order valence-corrected chi connectivity index (χ2v) is 7.03. The van der Waals surface area contributed by atoms with Gasteiger partial charge < -0.3 is 10.8 Å². The molecule has 3 rings (SSSR count). The molecule has 1 aliphatic heterocycles. The Morgan fingerprint density at radius 1 is 1.12 bits per heavy atom. The van der Waals surface area contributed by atoms with Crippen LogP contribution in [0.15, 0.2) is 48.5 Å². The monoisotopic (exact) mass is 358 g/mol. The van der Waals surface area contributed by atoms with E-state index in [2.05, 4.69) is 4.90 Å². The Morgan fingerprint density at radius 3 is 2.40 bits per heavy atom. The lowest BCUT2D eigenvalue weighted by atomic mass is 9.74. The largest absolute Gasteiger partial charge is 0.478 e. The predicted molar refractivity (Wildman–Crippen MR) is 95.5 cm³/mol. The molecule has 3 N–H and O–H groups in total. The van der Waals surface area contributed by atoms with Gasteiger partial charge in [-0.15, -0.1) is 0 Å². The van der Waals surface area contributed by atoms with Gasteiger partial charge in [0.25, 0.3) is 0 Å². The number of primary amides is 1. The van der Waals surface area contributed by atoms with E-state index < -0.39 is 11.4 Å². The van der Waals surface area contributed by atoms with Crippen LogP contribution in [0, 0.1) is 5.41 Å². The third kappa shape index (κ3) is 3.83. The molecule has 1 amide bonds. The van der Waals surface area contributed by atoms with Gasteiger partial charge >= 0.3 is 5.97 Å². The molecule has 0 spiro atoms. The van der Waals surface area contributed by atoms with Gasteiger partial charge in [0.15, 0.2) is 0 Å². The first-order chi connectivity index (χ1) is 11.9. The van der Waals surface area contributed by atoms with Gasteiger partial charge in [-0.3, -0.25) is 9.69 Å². The van der Waals surface area contributed by atoms with Crippen LogP contribution in [0.2, 0.25) is 5.02 Å². The zero-order valence-corrected chi connectivity index (χ0v) is 14.4. The van der Waals surface area contributed by atoms with Crippen molar-refractivity contribution in [3.8, 4) is 0 Å². The van der Waals surface area contributed by atoms with E-state index in [-0.39, 0.29) is 11.5 Å². The topological polar surface area (TPSA) is 83.6 Å². The number of aromatic carboxylic acids is 1. The lowest BCUT2D eigenvalue weighted by molar-refractivity contribution is -0.138. The maximum Gasteiger partial charge on any atom is 0.335 e. The molecule has 0 aromatic heterocycles. The molecule has 5 nitrogen and oxygen atoms in total. The molecule has 0 unspecified atom stereocenters. The lowest BCUT2D eigenvalue weighted by Crippen LogP contribution is -2.62. The van der Waals surface area contributed by atoms with E-state index >= 15 is 0 Å². The summed E-state index contributed by atoms with van der Waals surface area (Å²) in [6.45, 7) is 1.71. The number of hydrogen-bond donors (Lipinski definition) is 2. The normalized spacial score (nSPS) is 16.2. The molecule has 0 atom stereocenters. The van der Waals surface area contributed by atoms with Crippen LogP contribution in [-0.4, -0.2) is 35.0 Å². The molecule has 1 fully saturated rings. The van der Waals surface area contributed by atoms with Crippen LogP contribution in [0.3, 0.4) is 0 Å². The van der Waals surface area contributed by atoms with Crippen LogP contribution in [0.1, 0.15) is 21.5 Å².